The first-order chi connectivity index (χ1) is 12.6. The number of hydrogen-bond donors (Lipinski definition) is 0. The van der Waals surface area contributed by atoms with Gasteiger partial charge < -0.3 is 9.30 Å². The van der Waals surface area contributed by atoms with Gasteiger partial charge in [0.25, 0.3) is 0 Å². The van der Waals surface area contributed by atoms with E-state index in [1.807, 2.05) is 30.4 Å². The van der Waals surface area contributed by atoms with E-state index in [1.165, 1.54) is 31.5 Å². The van der Waals surface area contributed by atoms with E-state index in [0.29, 0.717) is 11.8 Å². The van der Waals surface area contributed by atoms with Gasteiger partial charge in [-0.15, -0.1) is 0 Å². The molecule has 0 atom stereocenters. The SMILES string of the molecule is CC(=O)N1CC[N+](=CC2CCC(c3ncc4c(C)nccn34)CC2)CC1. The number of nitrogens with zero attached hydrogens (tertiary/aromatic N) is 5. The first-order valence-corrected chi connectivity index (χ1v) is 9.75. The number of rotatable bonds is 2. The summed E-state index contributed by atoms with van der Waals surface area (Å²) in [5.74, 6) is 2.59. The summed E-state index contributed by atoms with van der Waals surface area (Å²) in [6.45, 7) is 7.35. The van der Waals surface area contributed by atoms with Crippen LogP contribution in [0.4, 0.5) is 0 Å². The molecule has 1 amide bonds. The number of carbonyl (C=O) groups excluding carboxylic acids is 1. The number of piperazine rings is 1. The van der Waals surface area contributed by atoms with Gasteiger partial charge in [-0.25, -0.2) is 9.56 Å². The van der Waals surface area contributed by atoms with Gasteiger partial charge in [0.1, 0.15) is 12.0 Å². The van der Waals surface area contributed by atoms with Crippen molar-refractivity contribution in [2.24, 2.45) is 5.92 Å². The Balaban J connectivity index is 1.38. The standard InChI is InChI=1S/C20H28N5O/c1-15-19-13-22-20(25(19)8-7-21-15)18-5-3-17(4-6-18)14-23-9-11-24(12-10-23)16(2)26/h7-8,13-14,17-18H,3-6,9-12H2,1-2H3/q+1. The molecule has 0 bridgehead atoms. The summed E-state index contributed by atoms with van der Waals surface area (Å²) in [5, 5.41) is 0. The molecule has 2 aromatic rings. The second-order valence-electron chi connectivity index (χ2n) is 7.69. The lowest BCUT2D eigenvalue weighted by Gasteiger charge is -2.27. The smallest absolute Gasteiger partial charge is 0.219 e. The molecule has 1 aliphatic carbocycles. The lowest BCUT2D eigenvalue weighted by molar-refractivity contribution is -0.535. The maximum absolute atomic E-state index is 11.4. The van der Waals surface area contributed by atoms with E-state index < -0.39 is 0 Å². The Kier molecular flexibility index (Phi) is 4.74. The molecule has 2 fully saturated rings. The summed E-state index contributed by atoms with van der Waals surface area (Å²) in [6, 6.07) is 0. The first kappa shape index (κ1) is 17.2. The van der Waals surface area contributed by atoms with Gasteiger partial charge in [0.05, 0.1) is 30.5 Å². The molecule has 0 radical (unpaired) electrons. The highest BCUT2D eigenvalue weighted by Crippen LogP contribution is 2.34. The van der Waals surface area contributed by atoms with Crippen molar-refractivity contribution >= 4 is 17.6 Å². The molecule has 0 unspecified atom stereocenters. The van der Waals surface area contributed by atoms with Gasteiger partial charge in [-0.2, -0.15) is 0 Å². The van der Waals surface area contributed by atoms with Crippen LogP contribution in [0.3, 0.4) is 0 Å². The molecule has 6 heteroatoms. The van der Waals surface area contributed by atoms with E-state index in [1.54, 1.807) is 6.92 Å². The number of carbonyl (C=O) groups is 1. The fourth-order valence-electron chi connectivity index (χ4n) is 4.39. The molecule has 0 N–H and O–H groups in total. The molecular formula is C20H28N5O+. The first-order valence-electron chi connectivity index (χ1n) is 9.75. The van der Waals surface area contributed by atoms with Gasteiger partial charge in [-0.1, -0.05) is 0 Å². The fourth-order valence-corrected chi connectivity index (χ4v) is 4.39. The molecule has 1 saturated carbocycles. The normalized spacial score (nSPS) is 24.1. The molecule has 1 aliphatic heterocycles. The quantitative estimate of drug-likeness (QED) is 0.778. The maximum atomic E-state index is 11.4. The number of imidazole rings is 1. The summed E-state index contributed by atoms with van der Waals surface area (Å²) >= 11 is 0. The number of aromatic nitrogens is 3. The van der Waals surface area contributed by atoms with Crippen LogP contribution in [-0.4, -0.2) is 62.1 Å². The minimum Gasteiger partial charge on any atom is -0.330 e. The van der Waals surface area contributed by atoms with Crippen LogP contribution in [-0.2, 0) is 4.79 Å². The van der Waals surface area contributed by atoms with Gasteiger partial charge in [0.2, 0.25) is 5.91 Å². The van der Waals surface area contributed by atoms with Crippen molar-refractivity contribution in [2.45, 2.75) is 45.4 Å². The molecule has 3 heterocycles. The van der Waals surface area contributed by atoms with Crippen LogP contribution in [0.2, 0.25) is 0 Å². The van der Waals surface area contributed by atoms with Crippen LogP contribution in [0.5, 0.6) is 0 Å². The molecule has 6 nitrogen and oxygen atoms in total. The number of amides is 1. The van der Waals surface area contributed by atoms with Gasteiger partial charge >= 0.3 is 0 Å². The summed E-state index contributed by atoms with van der Waals surface area (Å²) in [4.78, 5) is 22.5. The Morgan fingerprint density at radius 2 is 1.92 bits per heavy atom. The van der Waals surface area contributed by atoms with Gasteiger partial charge in [0.15, 0.2) is 13.1 Å². The second kappa shape index (κ2) is 7.17. The molecular weight excluding hydrogens is 326 g/mol. The highest BCUT2D eigenvalue weighted by atomic mass is 16.2. The van der Waals surface area contributed by atoms with E-state index in [9.17, 15) is 4.79 Å². The number of aryl methyl sites for hydroxylation is 1. The second-order valence-corrected chi connectivity index (χ2v) is 7.69. The Hall–Kier alpha value is -2.24. The highest BCUT2D eigenvalue weighted by molar-refractivity contribution is 5.73. The summed E-state index contributed by atoms with van der Waals surface area (Å²) in [5.41, 5.74) is 2.16. The van der Waals surface area contributed by atoms with Gasteiger partial charge in [0, 0.05) is 31.2 Å². The van der Waals surface area contributed by atoms with Crippen LogP contribution in [0.25, 0.3) is 5.52 Å². The molecule has 4 rings (SSSR count). The van der Waals surface area contributed by atoms with Crippen LogP contribution in [0, 0.1) is 12.8 Å². The minimum absolute atomic E-state index is 0.197. The van der Waals surface area contributed by atoms with Crippen molar-refractivity contribution in [1.82, 2.24) is 19.3 Å². The third-order valence-corrected chi connectivity index (χ3v) is 6.00. The zero-order valence-electron chi connectivity index (χ0n) is 15.8. The largest absolute Gasteiger partial charge is 0.330 e. The maximum Gasteiger partial charge on any atom is 0.219 e. The van der Waals surface area contributed by atoms with E-state index in [2.05, 4.69) is 20.2 Å². The molecule has 26 heavy (non-hydrogen) atoms. The lowest BCUT2D eigenvalue weighted by Crippen LogP contribution is -2.45. The third kappa shape index (κ3) is 3.37. The number of fused-ring (bicyclic) bond motifs is 1. The van der Waals surface area contributed by atoms with Crippen molar-refractivity contribution in [3.63, 3.8) is 0 Å². The Bertz CT molecular complexity index is 822. The molecule has 2 aliphatic rings. The predicted octanol–water partition coefficient (Wildman–Crippen LogP) is 2.26. The average Bonchev–Trinajstić information content (AvgIpc) is 3.08. The zero-order valence-corrected chi connectivity index (χ0v) is 15.8. The van der Waals surface area contributed by atoms with Crippen molar-refractivity contribution in [3.8, 4) is 0 Å². The average molecular weight is 354 g/mol. The molecule has 0 spiro atoms. The van der Waals surface area contributed by atoms with Crippen LogP contribution in [0.1, 0.15) is 50.0 Å². The topological polar surface area (TPSA) is 53.5 Å². The molecule has 2 aromatic heterocycles. The van der Waals surface area contributed by atoms with E-state index in [-0.39, 0.29) is 5.91 Å². The number of hydrogen-bond acceptors (Lipinski definition) is 3. The Morgan fingerprint density at radius 1 is 1.19 bits per heavy atom. The monoisotopic (exact) mass is 354 g/mol. The van der Waals surface area contributed by atoms with Crippen molar-refractivity contribution in [2.75, 3.05) is 26.2 Å². The van der Waals surface area contributed by atoms with E-state index in [0.717, 1.165) is 37.4 Å². The lowest BCUT2D eigenvalue weighted by atomic mass is 9.82. The van der Waals surface area contributed by atoms with E-state index in [4.69, 9.17) is 4.98 Å². The van der Waals surface area contributed by atoms with Crippen molar-refractivity contribution in [1.29, 1.82) is 0 Å². The minimum atomic E-state index is 0.197. The third-order valence-electron chi connectivity index (χ3n) is 6.00. The Labute approximate surface area is 154 Å². The molecule has 0 aromatic carbocycles. The predicted molar refractivity (Wildman–Crippen MR) is 101 cm³/mol. The van der Waals surface area contributed by atoms with Crippen LogP contribution in [0.15, 0.2) is 18.6 Å². The zero-order chi connectivity index (χ0) is 18.1. The van der Waals surface area contributed by atoms with Crippen LogP contribution < -0.4 is 0 Å². The van der Waals surface area contributed by atoms with Gasteiger partial charge in [-0.05, 0) is 32.6 Å². The summed E-state index contributed by atoms with van der Waals surface area (Å²) < 4.78 is 4.64. The van der Waals surface area contributed by atoms with Crippen molar-refractivity contribution < 1.29 is 9.37 Å². The Morgan fingerprint density at radius 3 is 2.62 bits per heavy atom. The molecule has 138 valence electrons. The fraction of sp³-hybridized carbons (Fsp3) is 0.600. The summed E-state index contributed by atoms with van der Waals surface area (Å²) in [6.07, 6.45) is 13.1. The molecule has 1 saturated heterocycles. The highest BCUT2D eigenvalue weighted by Gasteiger charge is 2.28. The van der Waals surface area contributed by atoms with Crippen LogP contribution >= 0.6 is 0 Å². The van der Waals surface area contributed by atoms with Crippen molar-refractivity contribution in [3.05, 3.63) is 30.1 Å². The van der Waals surface area contributed by atoms with Gasteiger partial charge in [-0.3, -0.25) is 9.78 Å². The van der Waals surface area contributed by atoms with E-state index >= 15 is 0 Å². The summed E-state index contributed by atoms with van der Waals surface area (Å²) in [7, 11) is 0.